The molecule has 0 fully saturated rings. The molecule has 0 aliphatic carbocycles. The van der Waals surface area contributed by atoms with Crippen LogP contribution in [0.15, 0.2) is 0 Å². The first-order chi connectivity index (χ1) is 8.20. The van der Waals surface area contributed by atoms with Gasteiger partial charge in [0.15, 0.2) is 0 Å². The molecule has 0 saturated carbocycles. The Morgan fingerprint density at radius 3 is 1.88 bits per heavy atom. The van der Waals surface area contributed by atoms with Crippen LogP contribution in [0.5, 0.6) is 0 Å². The van der Waals surface area contributed by atoms with Crippen LogP contribution in [0.4, 0.5) is 0 Å². The van der Waals surface area contributed by atoms with Crippen molar-refractivity contribution < 1.29 is 4.79 Å². The number of amides is 1. The summed E-state index contributed by atoms with van der Waals surface area (Å²) in [6, 6.07) is 0.417. The van der Waals surface area contributed by atoms with Gasteiger partial charge in [0.1, 0.15) is 0 Å². The van der Waals surface area contributed by atoms with Gasteiger partial charge < -0.3 is 5.32 Å². The maximum atomic E-state index is 11.1. The van der Waals surface area contributed by atoms with Crippen LogP contribution < -0.4 is 5.32 Å². The number of hydrogen-bond donors (Lipinski definition) is 1. The minimum Gasteiger partial charge on any atom is -0.354 e. The molecule has 0 aliphatic rings. The van der Waals surface area contributed by atoms with Crippen molar-refractivity contribution in [3.8, 4) is 0 Å². The van der Waals surface area contributed by atoms with Gasteiger partial charge >= 0.3 is 0 Å². The van der Waals surface area contributed by atoms with Gasteiger partial charge in [-0.3, -0.25) is 4.79 Å². The first-order valence-corrected chi connectivity index (χ1v) is 7.47. The van der Waals surface area contributed by atoms with Crippen molar-refractivity contribution in [1.29, 1.82) is 0 Å². The minimum atomic E-state index is 0.125. The zero-order valence-electron chi connectivity index (χ0n) is 12.1. The van der Waals surface area contributed by atoms with Crippen molar-refractivity contribution in [2.45, 2.75) is 91.0 Å². The first kappa shape index (κ1) is 16.5. The molecule has 0 aromatic heterocycles. The molecule has 0 bridgehead atoms. The summed E-state index contributed by atoms with van der Waals surface area (Å²) in [5.74, 6) is 0.125. The fraction of sp³-hybridized carbons (Fsp3) is 0.933. The Hall–Kier alpha value is -0.530. The normalized spacial score (nSPS) is 12.4. The fourth-order valence-electron chi connectivity index (χ4n) is 2.21. The van der Waals surface area contributed by atoms with E-state index in [9.17, 15) is 4.79 Å². The highest BCUT2D eigenvalue weighted by atomic mass is 16.1. The Kier molecular flexibility index (Phi) is 11.6. The molecule has 1 atom stereocenters. The topological polar surface area (TPSA) is 29.1 Å². The molecule has 0 aromatic carbocycles. The third-order valence-electron chi connectivity index (χ3n) is 3.22. The summed E-state index contributed by atoms with van der Waals surface area (Å²) in [6.45, 7) is 6.09. The number of rotatable bonds is 11. The van der Waals surface area contributed by atoms with Crippen molar-refractivity contribution in [2.75, 3.05) is 0 Å². The number of hydrogen-bond acceptors (Lipinski definition) is 1. The largest absolute Gasteiger partial charge is 0.354 e. The number of unbranched alkanes of at least 4 members (excludes halogenated alkanes) is 6. The molecule has 0 aromatic rings. The molecule has 2 nitrogen and oxygen atoms in total. The molecule has 1 N–H and O–H groups in total. The average molecular weight is 241 g/mol. The van der Waals surface area contributed by atoms with Crippen LogP contribution in [0.2, 0.25) is 0 Å². The van der Waals surface area contributed by atoms with Crippen LogP contribution in [0.25, 0.3) is 0 Å². The fourth-order valence-corrected chi connectivity index (χ4v) is 2.21. The van der Waals surface area contributed by atoms with Gasteiger partial charge in [0, 0.05) is 13.0 Å². The number of carbonyl (C=O) groups excluding carboxylic acids is 1. The predicted octanol–water partition coefficient (Wildman–Crippen LogP) is 4.43. The van der Waals surface area contributed by atoms with Crippen LogP contribution in [0, 0.1) is 0 Å². The lowest BCUT2D eigenvalue weighted by Gasteiger charge is -2.17. The summed E-state index contributed by atoms with van der Waals surface area (Å²) in [7, 11) is 0. The summed E-state index contributed by atoms with van der Waals surface area (Å²) in [5, 5.41) is 3.09. The van der Waals surface area contributed by atoms with Crippen molar-refractivity contribution in [1.82, 2.24) is 5.32 Å². The summed E-state index contributed by atoms with van der Waals surface area (Å²) in [6.07, 6.45) is 12.7. The highest BCUT2D eigenvalue weighted by molar-refractivity contribution is 5.73. The Morgan fingerprint density at radius 2 is 1.35 bits per heavy atom. The van der Waals surface area contributed by atoms with E-state index >= 15 is 0 Å². The van der Waals surface area contributed by atoms with E-state index in [2.05, 4.69) is 19.2 Å². The second kappa shape index (κ2) is 11.9. The Bertz CT molecular complexity index is 180. The van der Waals surface area contributed by atoms with Crippen molar-refractivity contribution in [3.63, 3.8) is 0 Å². The molecule has 2 heteroatoms. The van der Waals surface area contributed by atoms with Crippen molar-refractivity contribution >= 4 is 5.91 Å². The average Bonchev–Trinajstić information content (AvgIpc) is 2.28. The molecule has 0 saturated heterocycles. The summed E-state index contributed by atoms with van der Waals surface area (Å²) in [5.41, 5.74) is 0. The quantitative estimate of drug-likeness (QED) is 0.533. The Balaban J connectivity index is 3.65. The molecule has 0 unspecified atom stereocenters. The monoisotopic (exact) mass is 241 g/mol. The van der Waals surface area contributed by atoms with Crippen molar-refractivity contribution in [2.24, 2.45) is 0 Å². The van der Waals surface area contributed by atoms with Gasteiger partial charge in [-0.2, -0.15) is 0 Å². The molecule has 0 aliphatic heterocycles. The molecule has 0 radical (unpaired) electrons. The van der Waals surface area contributed by atoms with Crippen molar-refractivity contribution in [3.05, 3.63) is 0 Å². The molecule has 0 rings (SSSR count). The van der Waals surface area contributed by atoms with Crippen LogP contribution >= 0.6 is 0 Å². The third kappa shape index (κ3) is 11.7. The Labute approximate surface area is 108 Å². The molecular formula is C15H31NO. The second-order valence-corrected chi connectivity index (χ2v) is 5.10. The molecule has 0 heterocycles. The van der Waals surface area contributed by atoms with E-state index in [1.165, 1.54) is 51.4 Å². The summed E-state index contributed by atoms with van der Waals surface area (Å²) < 4.78 is 0. The maximum absolute atomic E-state index is 11.1. The van der Waals surface area contributed by atoms with Gasteiger partial charge in [0.2, 0.25) is 5.91 Å². The zero-order valence-corrected chi connectivity index (χ0v) is 12.1. The smallest absolute Gasteiger partial charge is 0.217 e. The van der Waals surface area contributed by atoms with Crippen LogP contribution in [0.3, 0.4) is 0 Å². The van der Waals surface area contributed by atoms with Gasteiger partial charge in [-0.15, -0.1) is 0 Å². The predicted molar refractivity (Wildman–Crippen MR) is 75.1 cm³/mol. The number of carbonyl (C=O) groups is 1. The summed E-state index contributed by atoms with van der Waals surface area (Å²) >= 11 is 0. The zero-order chi connectivity index (χ0) is 12.9. The minimum absolute atomic E-state index is 0.125. The molecule has 102 valence electrons. The highest BCUT2D eigenvalue weighted by Gasteiger charge is 2.08. The third-order valence-corrected chi connectivity index (χ3v) is 3.22. The van der Waals surface area contributed by atoms with Gasteiger partial charge in [-0.05, 0) is 12.8 Å². The second-order valence-electron chi connectivity index (χ2n) is 5.10. The molecule has 0 spiro atoms. The standard InChI is InChI=1S/C15H31NO/c1-4-6-8-9-11-13-15(16-14(3)17)12-10-7-5-2/h15H,4-13H2,1-3H3,(H,16,17)/t15-/m1/s1. The van der Waals surface area contributed by atoms with E-state index in [0.717, 1.165) is 12.8 Å². The molecule has 1 amide bonds. The molecular weight excluding hydrogens is 210 g/mol. The van der Waals surface area contributed by atoms with E-state index < -0.39 is 0 Å². The molecule has 17 heavy (non-hydrogen) atoms. The highest BCUT2D eigenvalue weighted by Crippen LogP contribution is 2.12. The summed E-state index contributed by atoms with van der Waals surface area (Å²) in [4.78, 5) is 11.1. The van der Waals surface area contributed by atoms with Gasteiger partial charge in [-0.25, -0.2) is 0 Å². The van der Waals surface area contributed by atoms with Gasteiger partial charge in [-0.1, -0.05) is 65.2 Å². The lowest BCUT2D eigenvalue weighted by molar-refractivity contribution is -0.119. The van der Waals surface area contributed by atoms with E-state index in [-0.39, 0.29) is 5.91 Å². The van der Waals surface area contributed by atoms with E-state index in [1.807, 2.05) is 0 Å². The van der Waals surface area contributed by atoms with Crippen LogP contribution in [0.1, 0.15) is 85.0 Å². The lowest BCUT2D eigenvalue weighted by atomic mass is 10.0. The van der Waals surface area contributed by atoms with E-state index in [1.54, 1.807) is 6.92 Å². The first-order valence-electron chi connectivity index (χ1n) is 7.47. The van der Waals surface area contributed by atoms with Crippen LogP contribution in [-0.4, -0.2) is 11.9 Å². The number of nitrogens with one attached hydrogen (secondary N) is 1. The van der Waals surface area contributed by atoms with E-state index in [4.69, 9.17) is 0 Å². The van der Waals surface area contributed by atoms with Gasteiger partial charge in [0.25, 0.3) is 0 Å². The maximum Gasteiger partial charge on any atom is 0.217 e. The Morgan fingerprint density at radius 1 is 0.882 bits per heavy atom. The van der Waals surface area contributed by atoms with Crippen LogP contribution in [-0.2, 0) is 4.79 Å². The lowest BCUT2D eigenvalue weighted by Crippen LogP contribution is -2.32. The van der Waals surface area contributed by atoms with E-state index in [0.29, 0.717) is 6.04 Å². The SMILES string of the molecule is CCCCCCC[C@@H](CCCCC)NC(C)=O. The van der Waals surface area contributed by atoms with Gasteiger partial charge in [0.05, 0.1) is 0 Å².